The van der Waals surface area contributed by atoms with E-state index in [4.69, 9.17) is 30.5 Å². The fourth-order valence-corrected chi connectivity index (χ4v) is 23.6. The molecule has 8 atom stereocenters. The van der Waals surface area contributed by atoms with Crippen LogP contribution in [0.2, 0.25) is 5.02 Å². The van der Waals surface area contributed by atoms with Crippen LogP contribution in [0.5, 0.6) is 0 Å². The van der Waals surface area contributed by atoms with Crippen LogP contribution in [0.15, 0.2) is 84.9 Å². The second-order valence-corrected chi connectivity index (χ2v) is 53.1. The number of urea groups is 5. The molecule has 0 spiro atoms. The summed E-state index contributed by atoms with van der Waals surface area (Å²) in [4.78, 5) is 79.6. The molecule has 9 saturated heterocycles. The lowest BCUT2D eigenvalue weighted by Gasteiger charge is -2.38. The average molecular weight is 2220 g/mol. The molecule has 149 heavy (non-hydrogen) atoms. The van der Waals surface area contributed by atoms with Crippen molar-refractivity contribution in [1.82, 2.24) is 48.1 Å². The van der Waals surface area contributed by atoms with Gasteiger partial charge in [0.2, 0.25) is 50.1 Å². The number of hydrogen-bond acceptors (Lipinski definition) is 23. The van der Waals surface area contributed by atoms with E-state index >= 15 is 0 Å². The number of hydrogen-bond donors (Lipinski definition) is 10. The number of sulfonamides is 5. The Morgan fingerprint density at radius 2 is 0.570 bits per heavy atom. The molecule has 0 aliphatic carbocycles. The van der Waals surface area contributed by atoms with Gasteiger partial charge in [0.25, 0.3) is 0 Å². The van der Waals surface area contributed by atoms with Crippen molar-refractivity contribution in [1.29, 1.82) is 0 Å². The third kappa shape index (κ3) is 36.0. The molecule has 49 heteroatoms. The van der Waals surface area contributed by atoms with Gasteiger partial charge in [0.15, 0.2) is 17.5 Å². The molecule has 9 aliphatic rings. The van der Waals surface area contributed by atoms with Gasteiger partial charge in [-0.1, -0.05) is 11.6 Å². The zero-order valence-electron chi connectivity index (χ0n) is 88.9. The highest BCUT2D eigenvalue weighted by Gasteiger charge is 2.38. The molecular weight excluding hydrogens is 2060 g/mol. The van der Waals surface area contributed by atoms with E-state index in [1.54, 1.807) is 113 Å². The van der Waals surface area contributed by atoms with E-state index in [0.29, 0.717) is 165 Å². The van der Waals surface area contributed by atoms with Crippen molar-refractivity contribution < 1.29 is 107 Å². The standard InChI is InChI=1S/C22H36N4O4S.C21H33ClN4O4S.2C21H33FN4O4S.C15H20F3N3O3S/c1-15(2)31(28,29)24-19-8-10-25(11-9-19)22(27)23-21-7-6-20(12-16(21)3)26-13-17(4)30-18(5)14-26;1-14(2)31(28,29)24-17-7-9-25(10-8-17)21(27)23-18-5-6-20(19(22)11-18)26-12-15(3)30-16(4)13-26;1-14(2)31(28,29)24-17-7-9-25(10-8-17)21(27)23-20-6-5-18(11-19(20)22)26-12-15(3)30-16(4)13-26;1-14(2)31(28,29)24-18-7-9-25(10-8-18)21(27)23-19-6-5-17(22)11-20(19)26-12-15(3)30-16(4)13-26;1-9(2)25(23,24)20-10-5-7-21(8-6-10)15(22)19-12-4-3-11(16)13(17)14(12)18/h6-7,12,15,17-19,24H,8-11,13-14H2,1-5H3,(H,23,27);2*5-6,11,14-17,24H,7-10,12-13H2,1-4H3,(H,23,27);5-6,11,14-16,18,24H,7-10,12-13H2,1-4H3,(H,23,27);3-4,9-10,20H,5-8H2,1-2H3,(H,19,22)/t17-,18+;3*15-,16+;. The number of halogens is 6. The van der Waals surface area contributed by atoms with Gasteiger partial charge in [0, 0.05) is 171 Å². The van der Waals surface area contributed by atoms with E-state index in [1.165, 1.54) is 23.1 Å². The van der Waals surface area contributed by atoms with Crippen LogP contribution in [0, 0.1) is 36.0 Å². The molecule has 0 radical (unpaired) electrons. The van der Waals surface area contributed by atoms with Gasteiger partial charge < -0.3 is 89.6 Å². The first-order valence-electron chi connectivity index (χ1n) is 51.4. The maximum atomic E-state index is 14.7. The topological polar surface area (TPSA) is 442 Å². The number of ether oxygens (including phenoxy) is 4. The minimum absolute atomic E-state index is 0.00390. The molecule has 0 aromatic heterocycles. The SMILES string of the molecule is CC(C)S(=O)(=O)NC1CCN(C(=O)Nc2ccc(F)c(F)c2F)CC1.CC(C)S(=O)(=O)NC1CCN(C(=O)Nc2ccc(F)cc2N2C[C@@H](C)O[C@@H](C)C2)CC1.CC(C)S(=O)(=O)NC1CCN(C(=O)Nc2ccc(N3C[C@@H](C)O[C@@H](C)C3)c(Cl)c2)CC1.CC(C)S(=O)(=O)NC1CCN(C(=O)Nc2ccc(N3C[C@@H](C)O[C@@H](C)C3)cc2F)CC1.Cc1cc(N2C[C@@H](C)O[C@@H](C)C2)ccc1NC(=O)N1CCC(NS(=O)(=O)C(C)C)CC1. The van der Waals surface area contributed by atoms with Crippen molar-refractivity contribution in [2.75, 3.05) is 164 Å². The summed E-state index contributed by atoms with van der Waals surface area (Å²) in [5, 5.41) is 11.8. The van der Waals surface area contributed by atoms with Crippen molar-refractivity contribution in [3.63, 3.8) is 0 Å². The minimum Gasteiger partial charge on any atom is -0.372 e. The molecular formula is C100H155ClF5N19O19S5. The van der Waals surface area contributed by atoms with Crippen LogP contribution in [0.25, 0.3) is 0 Å². The second kappa shape index (κ2) is 54.2. The molecule has 836 valence electrons. The average Bonchev–Trinajstić information content (AvgIpc) is 0.818. The number of likely N-dealkylation sites (tertiary alicyclic amines) is 5. The van der Waals surface area contributed by atoms with Gasteiger partial charge in [-0.3, -0.25) is 0 Å². The van der Waals surface area contributed by atoms with Gasteiger partial charge in [-0.05, 0) is 286 Å². The molecule has 0 saturated carbocycles. The van der Waals surface area contributed by atoms with Gasteiger partial charge >= 0.3 is 30.2 Å². The number of aryl methyl sites for hydroxylation is 1. The fraction of sp³-hybridized carbons (Fsp3) is 0.650. The van der Waals surface area contributed by atoms with Crippen LogP contribution in [0.3, 0.4) is 0 Å². The maximum Gasteiger partial charge on any atom is 0.321 e. The molecule has 5 aromatic carbocycles. The Morgan fingerprint density at radius 1 is 0.302 bits per heavy atom. The number of nitrogens with zero attached hydrogens (tertiary/aromatic N) is 9. The number of piperidine rings is 5. The van der Waals surface area contributed by atoms with Crippen molar-refractivity contribution in [2.45, 2.75) is 301 Å². The van der Waals surface area contributed by atoms with E-state index in [2.05, 4.69) is 84.8 Å². The molecule has 9 fully saturated rings. The summed E-state index contributed by atoms with van der Waals surface area (Å²) in [5.74, 6) is -5.31. The first kappa shape index (κ1) is 122. The van der Waals surface area contributed by atoms with Crippen molar-refractivity contribution in [3.8, 4) is 0 Å². The van der Waals surface area contributed by atoms with Crippen LogP contribution in [0.1, 0.15) is 194 Å². The Morgan fingerprint density at radius 3 is 0.879 bits per heavy atom. The van der Waals surface area contributed by atoms with Crippen molar-refractivity contribution >= 4 is 143 Å². The van der Waals surface area contributed by atoms with Gasteiger partial charge in [-0.25, -0.2) is 112 Å². The fourth-order valence-electron chi connectivity index (χ4n) is 18.5. The van der Waals surface area contributed by atoms with E-state index in [-0.39, 0.29) is 128 Å². The third-order valence-electron chi connectivity index (χ3n) is 27.1. The highest BCUT2D eigenvalue weighted by Crippen LogP contribution is 2.36. The van der Waals surface area contributed by atoms with Gasteiger partial charge in [-0.15, -0.1) is 0 Å². The van der Waals surface area contributed by atoms with Crippen LogP contribution in [0.4, 0.5) is 97.1 Å². The summed E-state index contributed by atoms with van der Waals surface area (Å²) in [6.07, 6.45) is 6.15. The van der Waals surface area contributed by atoms with Crippen molar-refractivity contribution in [3.05, 3.63) is 125 Å². The summed E-state index contributed by atoms with van der Waals surface area (Å²) < 4.78 is 225. The smallest absolute Gasteiger partial charge is 0.321 e. The number of nitrogens with one attached hydrogen (secondary N) is 10. The molecule has 14 rings (SSSR count). The first-order chi connectivity index (χ1) is 69.8. The molecule has 9 heterocycles. The highest BCUT2D eigenvalue weighted by atomic mass is 35.5. The Balaban J connectivity index is 0.000000191. The zero-order chi connectivity index (χ0) is 110. The van der Waals surface area contributed by atoms with Crippen LogP contribution in [-0.2, 0) is 69.1 Å². The predicted octanol–water partition coefficient (Wildman–Crippen LogP) is 14.2. The van der Waals surface area contributed by atoms with Crippen LogP contribution in [-0.4, -0.2) is 320 Å². The van der Waals surface area contributed by atoms with Crippen LogP contribution < -0.4 is 69.8 Å². The summed E-state index contributed by atoms with van der Waals surface area (Å²) in [6, 6.07) is 19.9. The third-order valence-corrected chi connectivity index (χ3v) is 36.9. The van der Waals surface area contributed by atoms with Gasteiger partial charge in [0.1, 0.15) is 11.6 Å². The molecule has 10 amide bonds. The molecule has 38 nitrogen and oxygen atoms in total. The lowest BCUT2D eigenvalue weighted by Crippen LogP contribution is -2.49. The van der Waals surface area contributed by atoms with Gasteiger partial charge in [0.05, 0.1) is 109 Å². The molecule has 0 unspecified atom stereocenters. The largest absolute Gasteiger partial charge is 0.372 e. The van der Waals surface area contributed by atoms with Gasteiger partial charge in [-0.2, -0.15) is 0 Å². The normalized spacial score (nSPS) is 22.1. The first-order valence-corrected chi connectivity index (χ1v) is 59.5. The number of carbonyl (C=O) groups is 5. The van der Waals surface area contributed by atoms with E-state index < -0.39 is 111 Å². The van der Waals surface area contributed by atoms with E-state index in [1.807, 2.05) is 77.6 Å². The number of rotatable bonds is 24. The summed E-state index contributed by atoms with van der Waals surface area (Å²) in [7, 11) is -16.7. The Bertz CT molecular complexity index is 5760. The highest BCUT2D eigenvalue weighted by molar-refractivity contribution is 7.91. The lowest BCUT2D eigenvalue weighted by atomic mass is 10.1. The summed E-state index contributed by atoms with van der Waals surface area (Å²) in [6.45, 7) is 44.6. The number of morpholine rings is 4. The monoisotopic (exact) mass is 2220 g/mol. The lowest BCUT2D eigenvalue weighted by molar-refractivity contribution is -0.00549. The Hall–Kier alpha value is -9.02. The minimum atomic E-state index is -3.39. The molecule has 0 bridgehead atoms. The van der Waals surface area contributed by atoms with Crippen LogP contribution >= 0.6 is 11.6 Å². The van der Waals surface area contributed by atoms with Crippen molar-refractivity contribution in [2.24, 2.45) is 0 Å². The predicted molar refractivity (Wildman–Crippen MR) is 575 cm³/mol. The Kier molecular flexibility index (Phi) is 44.3. The molecule has 5 aromatic rings. The second-order valence-electron chi connectivity index (χ2n) is 41.4. The van der Waals surface area contributed by atoms with E-state index in [0.717, 1.165) is 66.6 Å². The zero-order valence-corrected chi connectivity index (χ0v) is 93.7. The summed E-state index contributed by atoms with van der Waals surface area (Å²) in [5.41, 5.74) is 6.13. The molecule has 10 N–H and O–H groups in total. The number of anilines is 9. The number of carbonyl (C=O) groups excluding carboxylic acids is 5. The quantitative estimate of drug-likeness (QED) is 0.0203. The van der Waals surface area contributed by atoms with E-state index in [9.17, 15) is 88.0 Å². The maximum absolute atomic E-state index is 14.7. The Labute approximate surface area is 882 Å². The summed E-state index contributed by atoms with van der Waals surface area (Å²) >= 11 is 6.52. The number of amides is 10. The number of benzene rings is 5. The molecule has 9 aliphatic heterocycles.